The Balaban J connectivity index is 2.27. The van der Waals surface area contributed by atoms with Crippen LogP contribution < -0.4 is 10.6 Å². The molecular formula is C14H15ClN4O. The number of carbonyl (C=O) groups excluding carboxylic acids is 1. The molecule has 1 aromatic rings. The molecule has 5 nitrogen and oxygen atoms in total. The molecule has 1 aromatic carbocycles. The fourth-order valence-electron chi connectivity index (χ4n) is 2.04. The Morgan fingerprint density at radius 2 is 2.30 bits per heavy atom. The largest absolute Gasteiger partial charge is 0.345 e. The van der Waals surface area contributed by atoms with Crippen molar-refractivity contribution in [3.63, 3.8) is 0 Å². The van der Waals surface area contributed by atoms with Crippen LogP contribution in [0.1, 0.15) is 35.8 Å². The summed E-state index contributed by atoms with van der Waals surface area (Å²) in [6.45, 7) is 7.19. The molecule has 1 atom stereocenters. The average molecular weight is 291 g/mol. The highest BCUT2D eigenvalue weighted by atomic mass is 35.5. The number of hydrogen-bond acceptors (Lipinski definition) is 2. The highest BCUT2D eigenvalue weighted by molar-refractivity contribution is 6.34. The second kappa shape index (κ2) is 5.88. The van der Waals surface area contributed by atoms with Gasteiger partial charge in [0.15, 0.2) is 0 Å². The third kappa shape index (κ3) is 2.88. The topological polar surface area (TPSA) is 65.8 Å². The molecule has 0 bridgehead atoms. The van der Waals surface area contributed by atoms with Crippen LogP contribution in [-0.2, 0) is 0 Å². The highest BCUT2D eigenvalue weighted by Gasteiger charge is 2.28. The lowest BCUT2D eigenvalue weighted by atomic mass is 10.0. The van der Waals surface area contributed by atoms with Crippen LogP contribution in [-0.4, -0.2) is 18.1 Å². The summed E-state index contributed by atoms with van der Waals surface area (Å²) in [4.78, 5) is 19.6. The predicted octanol–water partition coefficient (Wildman–Crippen LogP) is 3.15. The number of hydrogen-bond donors (Lipinski definition) is 2. The maximum atomic E-state index is 11.7. The summed E-state index contributed by atoms with van der Waals surface area (Å²) < 4.78 is 0. The van der Waals surface area contributed by atoms with Crippen molar-refractivity contribution in [3.8, 4) is 0 Å². The summed E-state index contributed by atoms with van der Waals surface area (Å²) in [5.74, 6) is 0.532. The molecule has 104 valence electrons. The van der Waals surface area contributed by atoms with E-state index in [0.29, 0.717) is 16.4 Å². The number of nitrogens with zero attached hydrogens (tertiary/aromatic N) is 2. The minimum Gasteiger partial charge on any atom is -0.345 e. The van der Waals surface area contributed by atoms with Crippen LogP contribution in [0.3, 0.4) is 0 Å². The first kappa shape index (κ1) is 14.3. The number of benzene rings is 1. The second-order valence-electron chi connectivity index (χ2n) is 4.40. The number of rotatable bonds is 3. The van der Waals surface area contributed by atoms with E-state index in [1.54, 1.807) is 6.07 Å². The Kier molecular flexibility index (Phi) is 4.20. The maximum absolute atomic E-state index is 11.7. The van der Waals surface area contributed by atoms with E-state index < -0.39 is 0 Å². The van der Waals surface area contributed by atoms with Gasteiger partial charge in [-0.3, -0.25) is 4.79 Å². The summed E-state index contributed by atoms with van der Waals surface area (Å²) in [7, 11) is 0. The molecule has 20 heavy (non-hydrogen) atoms. The Morgan fingerprint density at radius 1 is 1.55 bits per heavy atom. The summed E-state index contributed by atoms with van der Waals surface area (Å²) in [5.41, 5.74) is 2.22. The van der Waals surface area contributed by atoms with Gasteiger partial charge in [0, 0.05) is 11.9 Å². The molecule has 1 heterocycles. The highest BCUT2D eigenvalue weighted by Crippen LogP contribution is 2.33. The number of amides is 1. The Hall–Kier alpha value is -2.14. The van der Waals surface area contributed by atoms with E-state index in [4.69, 9.17) is 11.6 Å². The first-order chi connectivity index (χ1) is 9.52. The smallest absolute Gasteiger partial charge is 0.253 e. The van der Waals surface area contributed by atoms with Gasteiger partial charge >= 0.3 is 0 Å². The monoisotopic (exact) mass is 290 g/mol. The third-order valence-corrected chi connectivity index (χ3v) is 3.21. The summed E-state index contributed by atoms with van der Waals surface area (Å²) in [5, 5.41) is 6.37. The minimum absolute atomic E-state index is 0.0451. The van der Waals surface area contributed by atoms with E-state index in [0.717, 1.165) is 11.3 Å². The van der Waals surface area contributed by atoms with E-state index >= 15 is 0 Å². The Morgan fingerprint density at radius 3 is 3.00 bits per heavy atom. The molecule has 0 spiro atoms. The van der Waals surface area contributed by atoms with Crippen LogP contribution in [0, 0.1) is 0 Å². The lowest BCUT2D eigenvalue weighted by Crippen LogP contribution is -2.16. The van der Waals surface area contributed by atoms with Crippen molar-refractivity contribution in [2.45, 2.75) is 19.9 Å². The van der Waals surface area contributed by atoms with Gasteiger partial charge in [0.2, 0.25) is 0 Å². The first-order valence-electron chi connectivity index (χ1n) is 6.11. The molecule has 1 amide bonds. The standard InChI is InChI=1S/C14H15ClN4O/c1-4-16-7-17-9(3)19-10-5-11-8(2)18-14(20)13(11)12(15)6-10/h4-8H,1H2,2-3H3,(H,18,20)(H,16,17,19). The summed E-state index contributed by atoms with van der Waals surface area (Å²) in [6.07, 6.45) is 2.81. The van der Waals surface area contributed by atoms with Gasteiger partial charge in [0.1, 0.15) is 12.2 Å². The zero-order valence-electron chi connectivity index (χ0n) is 11.3. The number of anilines is 1. The van der Waals surface area contributed by atoms with Gasteiger partial charge < -0.3 is 10.6 Å². The van der Waals surface area contributed by atoms with Gasteiger partial charge in [0.25, 0.3) is 5.91 Å². The van der Waals surface area contributed by atoms with Gasteiger partial charge in [-0.2, -0.15) is 0 Å². The van der Waals surface area contributed by atoms with Crippen LogP contribution in [0.5, 0.6) is 0 Å². The molecule has 6 heteroatoms. The normalized spacial score (nSPS) is 18.1. The van der Waals surface area contributed by atoms with Gasteiger partial charge in [0.05, 0.1) is 16.6 Å². The van der Waals surface area contributed by atoms with Crippen LogP contribution >= 0.6 is 11.6 Å². The van der Waals surface area contributed by atoms with Crippen molar-refractivity contribution in [2.24, 2.45) is 9.98 Å². The van der Waals surface area contributed by atoms with Gasteiger partial charge in [-0.1, -0.05) is 18.2 Å². The SMILES string of the molecule is C=CN=CN=C(C)Nc1cc(Cl)c2c(c1)C(C)NC2=O. The van der Waals surface area contributed by atoms with Crippen molar-refractivity contribution < 1.29 is 4.79 Å². The maximum Gasteiger partial charge on any atom is 0.253 e. The van der Waals surface area contributed by atoms with Crippen LogP contribution in [0.15, 0.2) is 34.9 Å². The number of nitrogens with one attached hydrogen (secondary N) is 2. The summed E-state index contributed by atoms with van der Waals surface area (Å²) in [6, 6.07) is 3.56. The van der Waals surface area contributed by atoms with Gasteiger partial charge in [-0.15, -0.1) is 0 Å². The molecule has 1 aliphatic heterocycles. The van der Waals surface area contributed by atoms with Gasteiger partial charge in [-0.25, -0.2) is 9.98 Å². The molecule has 0 fully saturated rings. The molecule has 2 rings (SSSR count). The van der Waals surface area contributed by atoms with E-state index in [1.165, 1.54) is 12.5 Å². The van der Waals surface area contributed by atoms with Gasteiger partial charge in [-0.05, 0) is 31.5 Å². The molecular weight excluding hydrogens is 276 g/mol. The van der Waals surface area contributed by atoms with Crippen molar-refractivity contribution in [2.75, 3.05) is 5.32 Å². The number of carbonyl (C=O) groups is 1. The first-order valence-corrected chi connectivity index (χ1v) is 6.49. The number of fused-ring (bicyclic) bond motifs is 1. The second-order valence-corrected chi connectivity index (χ2v) is 4.81. The lowest BCUT2D eigenvalue weighted by molar-refractivity contribution is 0.0958. The molecule has 0 saturated heterocycles. The fraction of sp³-hybridized carbons (Fsp3) is 0.214. The Labute approximate surface area is 122 Å². The van der Waals surface area contributed by atoms with Crippen LogP contribution in [0.4, 0.5) is 5.69 Å². The zero-order chi connectivity index (χ0) is 14.7. The quantitative estimate of drug-likeness (QED) is 0.663. The number of aliphatic imine (C=N–C) groups is 2. The molecule has 0 radical (unpaired) electrons. The molecule has 2 N–H and O–H groups in total. The van der Waals surface area contributed by atoms with Crippen LogP contribution in [0.25, 0.3) is 0 Å². The van der Waals surface area contributed by atoms with Crippen molar-refractivity contribution >= 4 is 35.4 Å². The van der Waals surface area contributed by atoms with E-state index in [2.05, 4.69) is 27.2 Å². The minimum atomic E-state index is -0.132. The van der Waals surface area contributed by atoms with Crippen molar-refractivity contribution in [1.29, 1.82) is 0 Å². The predicted molar refractivity (Wildman–Crippen MR) is 82.8 cm³/mol. The van der Waals surface area contributed by atoms with Crippen LogP contribution in [0.2, 0.25) is 5.02 Å². The summed E-state index contributed by atoms with van der Waals surface area (Å²) >= 11 is 6.16. The van der Waals surface area contributed by atoms with Crippen molar-refractivity contribution in [1.82, 2.24) is 5.32 Å². The average Bonchev–Trinajstić information content (AvgIpc) is 2.65. The molecule has 0 aliphatic carbocycles. The fourth-order valence-corrected chi connectivity index (χ4v) is 2.35. The van der Waals surface area contributed by atoms with Crippen molar-refractivity contribution in [3.05, 3.63) is 41.1 Å². The number of amidine groups is 1. The zero-order valence-corrected chi connectivity index (χ0v) is 12.0. The molecule has 0 aromatic heterocycles. The Bertz CT molecular complexity index is 622. The molecule has 1 aliphatic rings. The molecule has 0 saturated carbocycles. The molecule has 1 unspecified atom stereocenters. The number of halogens is 1. The van der Waals surface area contributed by atoms with E-state index in [1.807, 2.05) is 19.9 Å². The third-order valence-electron chi connectivity index (χ3n) is 2.91. The lowest BCUT2D eigenvalue weighted by Gasteiger charge is -2.10. The van der Waals surface area contributed by atoms with E-state index in [-0.39, 0.29) is 11.9 Å². The van der Waals surface area contributed by atoms with E-state index in [9.17, 15) is 4.79 Å².